The fourth-order valence-electron chi connectivity index (χ4n) is 3.77. The molecule has 39 heavy (non-hydrogen) atoms. The van der Waals surface area contributed by atoms with Gasteiger partial charge in [0, 0.05) is 0 Å². The zero-order valence-corrected chi connectivity index (χ0v) is 21.5. The number of benzene rings is 3. The van der Waals surface area contributed by atoms with Crippen molar-refractivity contribution < 1.29 is 52.7 Å². The van der Waals surface area contributed by atoms with Crippen LogP contribution in [-0.4, -0.2) is 0 Å². The molecule has 0 nitrogen and oxygen atoms in total. The van der Waals surface area contributed by atoms with E-state index in [-0.39, 0.29) is 24.6 Å². The van der Waals surface area contributed by atoms with Crippen LogP contribution in [-0.2, 0) is 24.7 Å². The fraction of sp³-hybridized carbons (Fsp3) is 0.280. The van der Waals surface area contributed by atoms with Crippen LogP contribution < -0.4 is 15.9 Å². The van der Waals surface area contributed by atoms with Gasteiger partial charge in [0.25, 0.3) is 0 Å². The Bertz CT molecular complexity index is 1260. The van der Waals surface area contributed by atoms with Gasteiger partial charge in [0.1, 0.15) is 15.9 Å². The largest absolute Gasteiger partial charge is 0.416 e. The molecule has 0 spiro atoms. The fourth-order valence-corrected chi connectivity index (χ4v) is 8.54. The number of halogens is 13. The Morgan fingerprint density at radius 2 is 0.667 bits per heavy atom. The van der Waals surface area contributed by atoms with E-state index in [2.05, 4.69) is 15.5 Å². The molecule has 214 valence electrons. The Kier molecular flexibility index (Phi) is 8.96. The first-order valence-electron chi connectivity index (χ1n) is 10.3. The molecule has 0 bridgehead atoms. The molecular weight excluding hydrogens is 639 g/mol. The minimum Gasteiger partial charge on any atom is -0.166 e. The topological polar surface area (TPSA) is 0 Å². The molecule has 0 fully saturated rings. The third-order valence-electron chi connectivity index (χ3n) is 5.42. The van der Waals surface area contributed by atoms with Crippen molar-refractivity contribution >= 4 is 37.4 Å². The van der Waals surface area contributed by atoms with Crippen molar-refractivity contribution in [2.75, 3.05) is 0 Å². The molecule has 0 saturated carbocycles. The zero-order valence-electron chi connectivity index (χ0n) is 19.1. The second-order valence-corrected chi connectivity index (χ2v) is 14.4. The van der Waals surface area contributed by atoms with Gasteiger partial charge in [-0.15, -0.1) is 0 Å². The van der Waals surface area contributed by atoms with E-state index in [1.807, 2.05) is 0 Å². The van der Waals surface area contributed by atoms with Gasteiger partial charge in [-0.2, -0.15) is 52.7 Å². The molecule has 3 rings (SSSR count). The van der Waals surface area contributed by atoms with Gasteiger partial charge in [-0.3, -0.25) is 0 Å². The summed E-state index contributed by atoms with van der Waals surface area (Å²) in [5.41, 5.74) is -6.21. The second-order valence-electron chi connectivity index (χ2n) is 8.46. The monoisotopic (exact) mass is 657 g/mol. The summed E-state index contributed by atoms with van der Waals surface area (Å²) in [5.74, 6) is -4.15. The molecule has 0 aliphatic heterocycles. The minimum absolute atomic E-state index is 0. The van der Waals surface area contributed by atoms with E-state index in [0.717, 1.165) is 12.1 Å². The van der Waals surface area contributed by atoms with Crippen LogP contribution in [0.5, 0.6) is 0 Å². The van der Waals surface area contributed by atoms with Crippen molar-refractivity contribution in [2.24, 2.45) is 0 Å². The summed E-state index contributed by atoms with van der Waals surface area (Å²) in [6.45, 7) is 2.42. The van der Waals surface area contributed by atoms with E-state index in [0.29, 0.717) is 36.4 Å². The Hall–Kier alpha value is -2.27. The highest BCUT2D eigenvalue weighted by Crippen LogP contribution is 2.64. The smallest absolute Gasteiger partial charge is 0.166 e. The van der Waals surface area contributed by atoms with Crippen LogP contribution >= 0.6 is 21.5 Å². The maximum Gasteiger partial charge on any atom is 0.416 e. The van der Waals surface area contributed by atoms with Crippen molar-refractivity contribution in [3.05, 3.63) is 88.0 Å². The molecule has 14 heteroatoms. The molecule has 0 aliphatic rings. The summed E-state index contributed by atoms with van der Waals surface area (Å²) < 4.78 is 163. The van der Waals surface area contributed by atoms with Gasteiger partial charge in [-0.1, -0.05) is 7.43 Å². The van der Waals surface area contributed by atoms with Crippen LogP contribution in [0.25, 0.3) is 0 Å². The third-order valence-corrected chi connectivity index (χ3v) is 12.0. The van der Waals surface area contributed by atoms with Gasteiger partial charge >= 0.3 is 24.7 Å². The summed E-state index contributed by atoms with van der Waals surface area (Å²) in [5, 5.41) is -1.61. The van der Waals surface area contributed by atoms with Crippen LogP contribution in [0.4, 0.5) is 52.7 Å². The molecule has 0 radical (unpaired) electrons. The van der Waals surface area contributed by atoms with Crippen molar-refractivity contribution in [2.45, 2.75) is 46.0 Å². The van der Waals surface area contributed by atoms with E-state index in [4.69, 9.17) is 0 Å². The first kappa shape index (κ1) is 32.9. The van der Waals surface area contributed by atoms with Crippen LogP contribution in [0.2, 0.25) is 0 Å². The van der Waals surface area contributed by atoms with Gasteiger partial charge in [0.05, 0.1) is 22.3 Å². The molecule has 3 aromatic carbocycles. The molecule has 3 aromatic rings. The molecular formula is C25H19BrF12P+. The highest BCUT2D eigenvalue weighted by Gasteiger charge is 2.50. The van der Waals surface area contributed by atoms with E-state index >= 15 is 0 Å². The molecule has 0 aromatic heterocycles. The van der Waals surface area contributed by atoms with Crippen molar-refractivity contribution in [1.82, 2.24) is 0 Å². The van der Waals surface area contributed by atoms with E-state index < -0.39 is 68.8 Å². The highest BCUT2D eigenvalue weighted by molar-refractivity contribution is 9.44. The third kappa shape index (κ3) is 7.09. The maximum absolute atomic E-state index is 13.6. The number of aryl methyl sites for hydroxylation is 2. The van der Waals surface area contributed by atoms with Gasteiger partial charge < -0.3 is 0 Å². The predicted molar refractivity (Wildman–Crippen MR) is 130 cm³/mol. The molecule has 0 N–H and O–H groups in total. The number of hydrogen-bond acceptors (Lipinski definition) is 0. The lowest BCUT2D eigenvalue weighted by atomic mass is 10.1. The lowest BCUT2D eigenvalue weighted by molar-refractivity contribution is -0.143. The summed E-state index contributed by atoms with van der Waals surface area (Å²) in [4.78, 5) is 0. The lowest BCUT2D eigenvalue weighted by Gasteiger charge is -2.24. The first-order chi connectivity index (χ1) is 17.0. The summed E-state index contributed by atoms with van der Waals surface area (Å²) >= 11 is 3.12. The second kappa shape index (κ2) is 10.6. The van der Waals surface area contributed by atoms with Crippen molar-refractivity contribution in [3.8, 4) is 0 Å². The van der Waals surface area contributed by atoms with Crippen LogP contribution in [0.3, 0.4) is 0 Å². The van der Waals surface area contributed by atoms with E-state index in [1.54, 1.807) is 0 Å². The summed E-state index contributed by atoms with van der Waals surface area (Å²) in [7, 11) is 0. The normalized spacial score (nSPS) is 13.3. The average Bonchev–Trinajstić information content (AvgIpc) is 2.75. The van der Waals surface area contributed by atoms with Crippen LogP contribution in [0.15, 0.2) is 54.6 Å². The standard InChI is InChI=1S/C24H15BrF12P.CH4/c1-12-3-14(21(26,27)28)8-18(5-12)38(25,19-6-13(2)4-15(9-19)22(29,30)31)20-10-16(23(32,33)34)7-17(11-20)24(35,36)37;/h3-11H,1-2H3;1H4/q+1;. The Morgan fingerprint density at radius 1 is 0.436 bits per heavy atom. The van der Waals surface area contributed by atoms with E-state index in [1.165, 1.54) is 13.8 Å². The quantitative estimate of drug-likeness (QED) is 0.194. The zero-order chi connectivity index (χ0) is 29.1. The Balaban J connectivity index is 0.00000533. The first-order valence-corrected chi connectivity index (χ1v) is 14.1. The van der Waals surface area contributed by atoms with Crippen molar-refractivity contribution in [1.29, 1.82) is 0 Å². The average molecular weight is 658 g/mol. The van der Waals surface area contributed by atoms with Gasteiger partial charge in [0.2, 0.25) is 0 Å². The molecule has 0 unspecified atom stereocenters. The van der Waals surface area contributed by atoms with Crippen LogP contribution in [0.1, 0.15) is 40.8 Å². The number of alkyl halides is 12. The predicted octanol–water partition coefficient (Wildman–Crippen LogP) is 9.62. The molecule has 0 atom stereocenters. The van der Waals surface area contributed by atoms with Gasteiger partial charge in [-0.25, -0.2) is 0 Å². The number of hydrogen-bond donors (Lipinski definition) is 0. The van der Waals surface area contributed by atoms with Gasteiger partial charge in [0.15, 0.2) is 21.5 Å². The highest BCUT2D eigenvalue weighted by atomic mass is 79.9. The lowest BCUT2D eigenvalue weighted by Crippen LogP contribution is -2.31. The molecule has 0 saturated heterocycles. The van der Waals surface area contributed by atoms with Crippen LogP contribution in [0, 0.1) is 13.8 Å². The minimum atomic E-state index is -5.30. The Morgan fingerprint density at radius 3 is 0.923 bits per heavy atom. The van der Waals surface area contributed by atoms with Gasteiger partial charge in [-0.05, 0) is 79.6 Å². The summed E-state index contributed by atoms with van der Waals surface area (Å²) in [6, 6.07) is 5.04. The Labute approximate surface area is 224 Å². The molecule has 0 amide bonds. The SMILES string of the molecule is C.Cc1cc(C(F)(F)F)cc([P+](Br)(c2cc(C)cc(C(F)(F)F)c2)c2cc(C(F)(F)F)cc(C(F)(F)F)c2)c1. The molecule has 0 heterocycles. The number of rotatable bonds is 3. The molecule has 0 aliphatic carbocycles. The van der Waals surface area contributed by atoms with E-state index in [9.17, 15) is 52.7 Å². The summed E-state index contributed by atoms with van der Waals surface area (Å²) in [6.07, 6.45) is -20.5. The maximum atomic E-state index is 13.6. The van der Waals surface area contributed by atoms with Crippen molar-refractivity contribution in [3.63, 3.8) is 0 Å².